The van der Waals surface area contributed by atoms with Gasteiger partial charge in [-0.1, -0.05) is 42.5 Å². The Balaban J connectivity index is 1.44. The summed E-state index contributed by atoms with van der Waals surface area (Å²) in [6, 6.07) is 22.5. The molecule has 1 saturated heterocycles. The van der Waals surface area contributed by atoms with Crippen LogP contribution in [-0.2, 0) is 27.3 Å². The van der Waals surface area contributed by atoms with Crippen LogP contribution in [0.2, 0.25) is 0 Å². The number of hydrogen-bond donors (Lipinski definition) is 0. The maximum atomic E-state index is 13.8. The van der Waals surface area contributed by atoms with Gasteiger partial charge in [0.1, 0.15) is 5.82 Å². The molecule has 2 amide bonds. The van der Waals surface area contributed by atoms with Gasteiger partial charge in [-0.3, -0.25) is 14.4 Å². The Morgan fingerprint density at radius 1 is 0.919 bits per heavy atom. The minimum atomic E-state index is -0.357. The average molecular weight is 503 g/mol. The number of amides is 2. The van der Waals surface area contributed by atoms with E-state index in [1.807, 2.05) is 30.3 Å². The van der Waals surface area contributed by atoms with Crippen molar-refractivity contribution < 1.29 is 23.5 Å². The highest BCUT2D eigenvalue weighted by molar-refractivity contribution is 6.06. The maximum absolute atomic E-state index is 13.8. The van der Waals surface area contributed by atoms with E-state index in [2.05, 4.69) is 0 Å². The molecule has 0 bridgehead atoms. The van der Waals surface area contributed by atoms with Gasteiger partial charge in [0.05, 0.1) is 25.5 Å². The van der Waals surface area contributed by atoms with E-state index in [0.29, 0.717) is 49.4 Å². The van der Waals surface area contributed by atoms with Crippen LogP contribution >= 0.6 is 0 Å². The fourth-order valence-electron chi connectivity index (χ4n) is 4.54. The van der Waals surface area contributed by atoms with Gasteiger partial charge in [0, 0.05) is 24.3 Å². The number of carbonyl (C=O) groups is 3. The number of halogens is 1. The molecular weight excluding hydrogens is 471 g/mol. The first-order valence-electron chi connectivity index (χ1n) is 12.6. The number of carbonyl (C=O) groups excluding carboxylic acids is 3. The molecule has 0 saturated carbocycles. The van der Waals surface area contributed by atoms with Crippen molar-refractivity contribution in [3.63, 3.8) is 0 Å². The second kappa shape index (κ2) is 12.3. The van der Waals surface area contributed by atoms with Gasteiger partial charge in [0.25, 0.3) is 5.91 Å². The van der Waals surface area contributed by atoms with Crippen LogP contribution in [0, 0.1) is 11.7 Å². The van der Waals surface area contributed by atoms with E-state index in [-0.39, 0.29) is 42.5 Å². The van der Waals surface area contributed by atoms with Crippen molar-refractivity contribution >= 4 is 23.5 Å². The summed E-state index contributed by atoms with van der Waals surface area (Å²) >= 11 is 0. The number of anilines is 1. The van der Waals surface area contributed by atoms with Gasteiger partial charge in [-0.05, 0) is 67.3 Å². The van der Waals surface area contributed by atoms with Crippen molar-refractivity contribution in [2.75, 3.05) is 24.6 Å². The van der Waals surface area contributed by atoms with Gasteiger partial charge in [-0.25, -0.2) is 4.39 Å². The third-order valence-corrected chi connectivity index (χ3v) is 6.57. The molecule has 1 aliphatic rings. The number of nitrogens with zero attached hydrogens (tertiary/aromatic N) is 2. The number of hydrogen-bond acceptors (Lipinski definition) is 4. The normalized spacial score (nSPS) is 13.7. The quantitative estimate of drug-likeness (QED) is 0.406. The molecule has 1 fully saturated rings. The summed E-state index contributed by atoms with van der Waals surface area (Å²) in [6.45, 7) is 3.44. The molecular formula is C30H31FN2O4. The number of piperidine rings is 1. The van der Waals surface area contributed by atoms with Gasteiger partial charge >= 0.3 is 5.97 Å². The Morgan fingerprint density at radius 3 is 2.27 bits per heavy atom. The average Bonchev–Trinajstić information content (AvgIpc) is 2.92. The van der Waals surface area contributed by atoms with E-state index in [4.69, 9.17) is 4.74 Å². The molecule has 1 heterocycles. The summed E-state index contributed by atoms with van der Waals surface area (Å²) in [5.41, 5.74) is 2.70. The Morgan fingerprint density at radius 2 is 1.62 bits per heavy atom. The monoisotopic (exact) mass is 502 g/mol. The van der Waals surface area contributed by atoms with Crippen LogP contribution in [0.15, 0.2) is 78.9 Å². The van der Waals surface area contributed by atoms with Crippen molar-refractivity contribution in [1.29, 1.82) is 0 Å². The fourth-order valence-corrected chi connectivity index (χ4v) is 4.54. The van der Waals surface area contributed by atoms with Gasteiger partial charge in [-0.15, -0.1) is 0 Å². The first kappa shape index (κ1) is 26.1. The molecule has 0 aromatic heterocycles. The highest BCUT2D eigenvalue weighted by Crippen LogP contribution is 2.23. The molecule has 7 heteroatoms. The lowest BCUT2D eigenvalue weighted by Crippen LogP contribution is -2.41. The van der Waals surface area contributed by atoms with Crippen molar-refractivity contribution in [1.82, 2.24) is 4.90 Å². The van der Waals surface area contributed by atoms with E-state index < -0.39 is 0 Å². The zero-order valence-corrected chi connectivity index (χ0v) is 20.9. The van der Waals surface area contributed by atoms with E-state index >= 15 is 0 Å². The molecule has 0 spiro atoms. The zero-order valence-electron chi connectivity index (χ0n) is 20.9. The van der Waals surface area contributed by atoms with E-state index in [1.54, 1.807) is 53.1 Å². The first-order valence-corrected chi connectivity index (χ1v) is 12.6. The highest BCUT2D eigenvalue weighted by atomic mass is 19.1. The van der Waals surface area contributed by atoms with Crippen LogP contribution in [0.3, 0.4) is 0 Å². The molecule has 0 radical (unpaired) electrons. The van der Waals surface area contributed by atoms with E-state index in [9.17, 15) is 18.8 Å². The number of likely N-dealkylation sites (tertiary alicyclic amines) is 1. The van der Waals surface area contributed by atoms with Crippen LogP contribution in [0.4, 0.5) is 10.1 Å². The lowest BCUT2D eigenvalue weighted by Gasteiger charge is -2.31. The topological polar surface area (TPSA) is 66.9 Å². The summed E-state index contributed by atoms with van der Waals surface area (Å²) in [5.74, 6) is -0.873. The largest absolute Gasteiger partial charge is 0.466 e. The molecule has 0 atom stereocenters. The van der Waals surface area contributed by atoms with Crippen LogP contribution in [0.5, 0.6) is 0 Å². The highest BCUT2D eigenvalue weighted by Gasteiger charge is 2.28. The number of benzene rings is 3. The molecule has 6 nitrogen and oxygen atoms in total. The molecule has 3 aromatic carbocycles. The van der Waals surface area contributed by atoms with Gasteiger partial charge in [0.2, 0.25) is 5.91 Å². The second-order valence-corrected chi connectivity index (χ2v) is 9.14. The molecule has 0 unspecified atom stereocenters. The molecule has 3 aromatic rings. The standard InChI is InChI=1S/C30H31FN2O4/c1-2-37-30(36)25-15-17-32(18-16-25)28(34)20-22-11-13-27(14-12-22)33(21-23-7-6-10-26(31)19-23)29(35)24-8-4-3-5-9-24/h3-14,19,25H,2,15-18,20-21H2,1H3. The fraction of sp³-hybridized carbons (Fsp3) is 0.300. The molecule has 0 aliphatic carbocycles. The first-order chi connectivity index (χ1) is 17.9. The molecule has 37 heavy (non-hydrogen) atoms. The predicted molar refractivity (Wildman–Crippen MR) is 139 cm³/mol. The van der Waals surface area contributed by atoms with Crippen LogP contribution in [-0.4, -0.2) is 42.4 Å². The van der Waals surface area contributed by atoms with Gasteiger partial charge < -0.3 is 14.5 Å². The van der Waals surface area contributed by atoms with Crippen LogP contribution in [0.25, 0.3) is 0 Å². The number of rotatable bonds is 8. The van der Waals surface area contributed by atoms with Crippen molar-refractivity contribution in [3.05, 3.63) is 101 Å². The maximum Gasteiger partial charge on any atom is 0.309 e. The van der Waals surface area contributed by atoms with Gasteiger partial charge in [0.15, 0.2) is 0 Å². The minimum Gasteiger partial charge on any atom is -0.466 e. The summed E-state index contributed by atoms with van der Waals surface area (Å²) in [6.07, 6.45) is 1.46. The van der Waals surface area contributed by atoms with E-state index in [1.165, 1.54) is 12.1 Å². The number of esters is 1. The SMILES string of the molecule is CCOC(=O)C1CCN(C(=O)Cc2ccc(N(Cc3cccc(F)c3)C(=O)c3ccccc3)cc2)CC1. The third kappa shape index (κ3) is 6.82. The van der Waals surface area contributed by atoms with E-state index in [0.717, 1.165) is 5.56 Å². The Hall–Kier alpha value is -4.00. The van der Waals surface area contributed by atoms with Crippen LogP contribution < -0.4 is 4.90 Å². The summed E-state index contributed by atoms with van der Waals surface area (Å²) in [7, 11) is 0. The van der Waals surface area contributed by atoms with Crippen molar-refractivity contribution in [2.45, 2.75) is 32.7 Å². The smallest absolute Gasteiger partial charge is 0.309 e. The van der Waals surface area contributed by atoms with Gasteiger partial charge in [-0.2, -0.15) is 0 Å². The third-order valence-electron chi connectivity index (χ3n) is 6.57. The van der Waals surface area contributed by atoms with Crippen molar-refractivity contribution in [3.8, 4) is 0 Å². The van der Waals surface area contributed by atoms with Crippen molar-refractivity contribution in [2.24, 2.45) is 5.92 Å². The Bertz CT molecular complexity index is 1220. The van der Waals surface area contributed by atoms with Crippen LogP contribution in [0.1, 0.15) is 41.3 Å². The molecule has 4 rings (SSSR count). The Kier molecular flexibility index (Phi) is 8.67. The lowest BCUT2D eigenvalue weighted by atomic mass is 9.96. The molecule has 1 aliphatic heterocycles. The zero-order chi connectivity index (χ0) is 26.2. The summed E-state index contributed by atoms with van der Waals surface area (Å²) in [4.78, 5) is 41.6. The summed E-state index contributed by atoms with van der Waals surface area (Å²) in [5, 5.41) is 0. The molecule has 192 valence electrons. The number of ether oxygens (including phenoxy) is 1. The predicted octanol–water partition coefficient (Wildman–Crippen LogP) is 5.02. The molecule has 0 N–H and O–H groups in total. The lowest BCUT2D eigenvalue weighted by molar-refractivity contribution is -0.151. The second-order valence-electron chi connectivity index (χ2n) is 9.14. The summed E-state index contributed by atoms with van der Waals surface area (Å²) < 4.78 is 18.9. The Labute approximate surface area is 216 Å². The minimum absolute atomic E-state index is 0.00652.